The second-order valence-electron chi connectivity index (χ2n) is 3.83. The molecule has 0 spiro atoms. The number of rotatable bonds is 6. The van der Waals surface area contributed by atoms with Gasteiger partial charge in [0.05, 0.1) is 25.1 Å². The van der Waals surface area contributed by atoms with Gasteiger partial charge in [-0.2, -0.15) is 13.2 Å². The minimum atomic E-state index is -4.84. The van der Waals surface area contributed by atoms with Crippen molar-refractivity contribution in [1.82, 2.24) is 9.78 Å². The normalized spacial score (nSPS) is 12.8. The quantitative estimate of drug-likeness (QED) is 0.452. The van der Waals surface area contributed by atoms with Crippen molar-refractivity contribution in [2.75, 3.05) is 13.7 Å². The van der Waals surface area contributed by atoms with Gasteiger partial charge in [-0.1, -0.05) is 0 Å². The van der Waals surface area contributed by atoms with Crippen LogP contribution in [0.2, 0.25) is 0 Å². The van der Waals surface area contributed by atoms with Crippen LogP contribution in [-0.4, -0.2) is 40.6 Å². The van der Waals surface area contributed by atoms with Crippen molar-refractivity contribution in [3.05, 3.63) is 16.3 Å². The lowest BCUT2D eigenvalue weighted by Crippen LogP contribution is -2.30. The number of esters is 1. The minimum Gasteiger partial charge on any atom is -0.475 e. The number of halogens is 3. The molecule has 0 aliphatic carbocycles. The maximum atomic E-state index is 13.0. The highest BCUT2D eigenvalue weighted by molar-refractivity contribution is 5.70. The van der Waals surface area contributed by atoms with Gasteiger partial charge in [0, 0.05) is 0 Å². The Bertz CT molecular complexity index is 528. The Balaban J connectivity index is 3.15. The maximum absolute atomic E-state index is 13.0. The first-order valence-corrected chi connectivity index (χ1v) is 5.70. The number of carbonyl (C=O) groups is 1. The monoisotopic (exact) mass is 311 g/mol. The molecule has 118 valence electrons. The molecule has 1 rings (SSSR count). The highest BCUT2D eigenvalue weighted by Gasteiger charge is 2.44. The van der Waals surface area contributed by atoms with Crippen LogP contribution >= 0.6 is 0 Å². The molecule has 0 saturated carbocycles. The lowest BCUT2D eigenvalue weighted by Gasteiger charge is -2.19. The van der Waals surface area contributed by atoms with Gasteiger partial charge < -0.3 is 9.47 Å². The highest BCUT2D eigenvalue weighted by Crippen LogP contribution is 2.36. The summed E-state index contributed by atoms with van der Waals surface area (Å²) < 4.78 is 48.2. The molecule has 0 aliphatic heterocycles. The van der Waals surface area contributed by atoms with Crippen molar-refractivity contribution in [3.8, 4) is 5.88 Å². The Kier molecular flexibility index (Phi) is 5.11. The van der Waals surface area contributed by atoms with Gasteiger partial charge in [-0.25, -0.2) is 4.68 Å². The molecule has 1 aromatic rings. The van der Waals surface area contributed by atoms with Crippen LogP contribution in [0.1, 0.15) is 19.4 Å². The Morgan fingerprint density at radius 3 is 2.57 bits per heavy atom. The van der Waals surface area contributed by atoms with E-state index in [0.29, 0.717) is 6.20 Å². The second kappa shape index (κ2) is 6.41. The molecule has 1 aromatic heterocycles. The van der Waals surface area contributed by atoms with Gasteiger partial charge in [0.2, 0.25) is 0 Å². The smallest absolute Gasteiger partial charge is 0.411 e. The highest BCUT2D eigenvalue weighted by atomic mass is 19.4. The van der Waals surface area contributed by atoms with E-state index in [2.05, 4.69) is 14.6 Å². The third-order valence-corrected chi connectivity index (χ3v) is 2.43. The molecule has 0 fully saturated rings. The number of alkyl halides is 3. The maximum Gasteiger partial charge on any atom is 0.411 e. The van der Waals surface area contributed by atoms with Gasteiger partial charge in [0.25, 0.3) is 0 Å². The van der Waals surface area contributed by atoms with E-state index in [0.717, 1.165) is 7.11 Å². The summed E-state index contributed by atoms with van der Waals surface area (Å²) in [6.07, 6.45) is -5.31. The van der Waals surface area contributed by atoms with Gasteiger partial charge in [0.1, 0.15) is 6.20 Å². The molecule has 1 atom stereocenters. The summed E-state index contributed by atoms with van der Waals surface area (Å²) in [7, 11) is 1.04. The number of hydrogen-bond donors (Lipinski definition) is 0. The molecule has 0 bridgehead atoms. The van der Waals surface area contributed by atoms with E-state index in [1.807, 2.05) is 0 Å². The average molecular weight is 311 g/mol. The van der Waals surface area contributed by atoms with Crippen molar-refractivity contribution < 1.29 is 32.4 Å². The molecule has 0 aromatic carbocycles. The predicted octanol–water partition coefficient (Wildman–Crippen LogP) is 1.86. The number of hydrogen-bond acceptors (Lipinski definition) is 6. The number of nitro groups is 1. The fraction of sp³-hybridized carbons (Fsp3) is 0.600. The molecule has 0 aliphatic rings. The first kappa shape index (κ1) is 16.7. The first-order chi connectivity index (χ1) is 9.70. The molecule has 1 heterocycles. The van der Waals surface area contributed by atoms with Crippen molar-refractivity contribution in [2.24, 2.45) is 0 Å². The summed E-state index contributed by atoms with van der Waals surface area (Å²) >= 11 is 0. The standard InChI is InChI=1S/C10H12F3N3O5/c1-3-21-8(17)4-7(10(11,12)13)15-5-6(16(18)19)9(14-15)20-2/h5,7H,3-4H2,1-2H3. The zero-order valence-corrected chi connectivity index (χ0v) is 11.1. The zero-order valence-electron chi connectivity index (χ0n) is 11.1. The van der Waals surface area contributed by atoms with Gasteiger partial charge in [-0.15, -0.1) is 5.10 Å². The van der Waals surface area contributed by atoms with Crippen molar-refractivity contribution in [1.29, 1.82) is 0 Å². The first-order valence-electron chi connectivity index (χ1n) is 5.70. The molecule has 0 radical (unpaired) electrons. The van der Waals surface area contributed by atoms with Crippen molar-refractivity contribution >= 4 is 11.7 Å². The fourth-order valence-corrected chi connectivity index (χ4v) is 1.53. The van der Waals surface area contributed by atoms with Gasteiger partial charge in [-0.3, -0.25) is 14.9 Å². The Labute approximate surface area is 116 Å². The van der Waals surface area contributed by atoms with Crippen LogP contribution in [-0.2, 0) is 9.53 Å². The van der Waals surface area contributed by atoms with Crippen LogP contribution in [0.15, 0.2) is 6.20 Å². The zero-order chi connectivity index (χ0) is 16.2. The molecular formula is C10H12F3N3O5. The van der Waals surface area contributed by atoms with Crippen molar-refractivity contribution in [2.45, 2.75) is 25.6 Å². The predicted molar refractivity (Wildman–Crippen MR) is 61.8 cm³/mol. The summed E-state index contributed by atoms with van der Waals surface area (Å²) in [6, 6.07) is -2.38. The summed E-state index contributed by atoms with van der Waals surface area (Å²) in [5, 5.41) is 14.0. The Morgan fingerprint density at radius 2 is 2.19 bits per heavy atom. The third-order valence-electron chi connectivity index (χ3n) is 2.43. The molecule has 0 N–H and O–H groups in total. The third kappa shape index (κ3) is 4.07. The Morgan fingerprint density at radius 1 is 1.57 bits per heavy atom. The average Bonchev–Trinajstić information content (AvgIpc) is 2.78. The largest absolute Gasteiger partial charge is 0.475 e. The van der Waals surface area contributed by atoms with E-state index < -0.39 is 41.1 Å². The molecule has 21 heavy (non-hydrogen) atoms. The molecule has 11 heteroatoms. The summed E-state index contributed by atoms with van der Waals surface area (Å²) in [4.78, 5) is 21.0. The van der Waals surface area contributed by atoms with E-state index >= 15 is 0 Å². The van der Waals surface area contributed by atoms with E-state index in [-0.39, 0.29) is 11.3 Å². The molecule has 0 saturated heterocycles. The SMILES string of the molecule is CCOC(=O)CC(n1cc([N+](=O)[O-])c(OC)n1)C(F)(F)F. The van der Waals surface area contributed by atoms with E-state index in [9.17, 15) is 28.1 Å². The second-order valence-corrected chi connectivity index (χ2v) is 3.83. The molecule has 0 amide bonds. The van der Waals surface area contributed by atoms with Crippen LogP contribution in [0.4, 0.5) is 18.9 Å². The lowest BCUT2D eigenvalue weighted by atomic mass is 10.2. The van der Waals surface area contributed by atoms with E-state index in [1.54, 1.807) is 0 Å². The summed E-state index contributed by atoms with van der Waals surface area (Å²) in [6.45, 7) is 1.37. The van der Waals surface area contributed by atoms with E-state index in [1.165, 1.54) is 6.92 Å². The summed E-state index contributed by atoms with van der Waals surface area (Å²) in [5.74, 6) is -1.66. The van der Waals surface area contributed by atoms with E-state index in [4.69, 9.17) is 0 Å². The van der Waals surface area contributed by atoms with Crippen LogP contribution in [0, 0.1) is 10.1 Å². The number of carbonyl (C=O) groups excluding carboxylic acids is 1. The molecule has 1 unspecified atom stereocenters. The summed E-state index contributed by atoms with van der Waals surface area (Å²) in [5.41, 5.74) is -0.726. The topological polar surface area (TPSA) is 96.5 Å². The Hall–Kier alpha value is -2.33. The van der Waals surface area contributed by atoms with Gasteiger partial charge >= 0.3 is 23.7 Å². The van der Waals surface area contributed by atoms with Gasteiger partial charge in [0.15, 0.2) is 6.04 Å². The van der Waals surface area contributed by atoms with Crippen LogP contribution < -0.4 is 4.74 Å². The minimum absolute atomic E-state index is 0.0774. The number of methoxy groups -OCH3 is 1. The molecule has 8 nitrogen and oxygen atoms in total. The lowest BCUT2D eigenvalue weighted by molar-refractivity contribution is -0.385. The van der Waals surface area contributed by atoms with Crippen molar-refractivity contribution in [3.63, 3.8) is 0 Å². The molecular weight excluding hydrogens is 299 g/mol. The van der Waals surface area contributed by atoms with Gasteiger partial charge in [-0.05, 0) is 6.92 Å². The number of nitrogens with zero attached hydrogens (tertiary/aromatic N) is 3. The fourth-order valence-electron chi connectivity index (χ4n) is 1.53. The van der Waals surface area contributed by atoms with Crippen LogP contribution in [0.5, 0.6) is 5.88 Å². The number of aromatic nitrogens is 2. The van der Waals surface area contributed by atoms with Crippen LogP contribution in [0.25, 0.3) is 0 Å². The number of ether oxygens (including phenoxy) is 2. The van der Waals surface area contributed by atoms with Crippen LogP contribution in [0.3, 0.4) is 0 Å².